The van der Waals surface area contributed by atoms with Crippen LogP contribution in [0, 0.1) is 0 Å². The van der Waals surface area contributed by atoms with Crippen LogP contribution in [0.1, 0.15) is 35.2 Å². The summed E-state index contributed by atoms with van der Waals surface area (Å²) in [7, 11) is 0. The minimum Gasteiger partial charge on any atom is -0.368 e. The number of hydrogen-bond acceptors (Lipinski definition) is 4. The van der Waals surface area contributed by atoms with E-state index >= 15 is 0 Å². The first-order chi connectivity index (χ1) is 10.4. The normalized spacial score (nSPS) is 25.9. The molecule has 21 heavy (non-hydrogen) atoms. The molecule has 4 rings (SSSR count). The molecule has 1 aromatic heterocycles. The second-order valence-corrected chi connectivity index (χ2v) is 6.84. The molecule has 2 saturated heterocycles. The molecule has 1 aromatic carbocycles. The third-order valence-corrected chi connectivity index (χ3v) is 5.45. The Labute approximate surface area is 129 Å². The molecule has 2 aliphatic rings. The summed E-state index contributed by atoms with van der Waals surface area (Å²) in [6, 6.07) is 11.2. The van der Waals surface area contributed by atoms with Gasteiger partial charge in [-0.05, 0) is 24.9 Å². The number of aromatic nitrogens is 1. The number of benzene rings is 1. The van der Waals surface area contributed by atoms with Crippen molar-refractivity contribution in [1.82, 2.24) is 9.88 Å². The zero-order valence-electron chi connectivity index (χ0n) is 12.1. The van der Waals surface area contributed by atoms with E-state index < -0.39 is 0 Å². The fraction of sp³-hybridized carbons (Fsp3) is 0.471. The number of thiazole rings is 1. The van der Waals surface area contributed by atoms with Crippen LogP contribution in [-0.4, -0.2) is 35.6 Å². The fourth-order valence-electron chi connectivity index (χ4n) is 3.32. The van der Waals surface area contributed by atoms with Crippen molar-refractivity contribution in [2.45, 2.75) is 31.4 Å². The van der Waals surface area contributed by atoms with E-state index in [9.17, 15) is 0 Å². The van der Waals surface area contributed by atoms with Crippen LogP contribution in [0.4, 0.5) is 0 Å². The van der Waals surface area contributed by atoms with Crippen molar-refractivity contribution >= 4 is 11.3 Å². The summed E-state index contributed by atoms with van der Waals surface area (Å²) >= 11 is 1.75. The summed E-state index contributed by atoms with van der Waals surface area (Å²) < 4.78 is 6.05. The van der Waals surface area contributed by atoms with Crippen LogP contribution in [0.5, 0.6) is 0 Å². The molecule has 3 nitrogen and oxygen atoms in total. The third-order valence-electron chi connectivity index (χ3n) is 4.46. The molecule has 0 amide bonds. The van der Waals surface area contributed by atoms with Crippen LogP contribution in [-0.2, 0) is 11.2 Å². The summed E-state index contributed by atoms with van der Waals surface area (Å²) in [5.41, 5.74) is 2.48. The van der Waals surface area contributed by atoms with Gasteiger partial charge < -0.3 is 4.74 Å². The number of nitrogens with zero attached hydrogens (tertiary/aromatic N) is 2. The van der Waals surface area contributed by atoms with Crippen molar-refractivity contribution in [3.05, 3.63) is 52.0 Å². The quantitative estimate of drug-likeness (QED) is 0.870. The Morgan fingerprint density at radius 2 is 2.19 bits per heavy atom. The fourth-order valence-corrected chi connectivity index (χ4v) is 4.18. The summed E-state index contributed by atoms with van der Waals surface area (Å²) in [5.74, 6) is 0. The van der Waals surface area contributed by atoms with E-state index in [1.807, 2.05) is 0 Å². The first kappa shape index (κ1) is 13.4. The highest BCUT2D eigenvalue weighted by atomic mass is 32.1. The summed E-state index contributed by atoms with van der Waals surface area (Å²) in [6.45, 7) is 3.12. The average Bonchev–Trinajstić information content (AvgIpc) is 3.16. The maximum atomic E-state index is 6.05. The molecule has 2 fully saturated rings. The smallest absolute Gasteiger partial charge is 0.123 e. The van der Waals surface area contributed by atoms with Crippen LogP contribution in [0.2, 0.25) is 0 Å². The highest BCUT2D eigenvalue weighted by Gasteiger charge is 2.33. The third kappa shape index (κ3) is 2.89. The van der Waals surface area contributed by atoms with Crippen molar-refractivity contribution in [3.8, 4) is 0 Å². The van der Waals surface area contributed by atoms with E-state index in [1.54, 1.807) is 11.3 Å². The molecule has 0 unspecified atom stereocenters. The van der Waals surface area contributed by atoms with Gasteiger partial charge >= 0.3 is 0 Å². The molecule has 0 aliphatic carbocycles. The van der Waals surface area contributed by atoms with Crippen molar-refractivity contribution in [1.29, 1.82) is 0 Å². The summed E-state index contributed by atoms with van der Waals surface area (Å²) in [4.78, 5) is 7.39. The molecule has 0 N–H and O–H groups in total. The predicted molar refractivity (Wildman–Crippen MR) is 84.7 cm³/mol. The van der Waals surface area contributed by atoms with Gasteiger partial charge in [-0.25, -0.2) is 4.98 Å². The van der Waals surface area contributed by atoms with Gasteiger partial charge in [0.25, 0.3) is 0 Å². The van der Waals surface area contributed by atoms with E-state index in [1.165, 1.54) is 24.9 Å². The molecule has 4 heteroatoms. The lowest BCUT2D eigenvalue weighted by Gasteiger charge is -2.34. The molecule has 0 spiro atoms. The number of ether oxygens (including phenoxy) is 1. The summed E-state index contributed by atoms with van der Waals surface area (Å²) in [6.07, 6.45) is 3.70. The van der Waals surface area contributed by atoms with Crippen molar-refractivity contribution < 1.29 is 4.74 Å². The van der Waals surface area contributed by atoms with E-state index in [0.29, 0.717) is 6.04 Å². The molecular formula is C17H20N2OS. The van der Waals surface area contributed by atoms with Gasteiger partial charge in [0.05, 0.1) is 12.3 Å². The van der Waals surface area contributed by atoms with E-state index in [2.05, 4.69) is 40.6 Å². The Balaban J connectivity index is 1.44. The largest absolute Gasteiger partial charge is 0.368 e. The van der Waals surface area contributed by atoms with Gasteiger partial charge in [-0.15, -0.1) is 11.3 Å². The SMILES string of the molecule is c1ccc(Cc2csc([C@@H]3CN4CCC[C@H]4CO3)n2)cc1. The predicted octanol–water partition coefficient (Wildman–Crippen LogP) is 3.27. The maximum Gasteiger partial charge on any atom is 0.123 e. The molecule has 0 saturated carbocycles. The van der Waals surface area contributed by atoms with Crippen molar-refractivity contribution in [3.63, 3.8) is 0 Å². The molecular weight excluding hydrogens is 280 g/mol. The first-order valence-electron chi connectivity index (χ1n) is 7.72. The first-order valence-corrected chi connectivity index (χ1v) is 8.60. The van der Waals surface area contributed by atoms with Gasteiger partial charge in [0.1, 0.15) is 11.1 Å². The Bertz CT molecular complexity index is 598. The van der Waals surface area contributed by atoms with Crippen LogP contribution in [0.25, 0.3) is 0 Å². The Morgan fingerprint density at radius 3 is 3.10 bits per heavy atom. The van der Waals surface area contributed by atoms with Crippen LogP contribution >= 0.6 is 11.3 Å². The highest BCUT2D eigenvalue weighted by molar-refractivity contribution is 7.09. The van der Waals surface area contributed by atoms with Crippen molar-refractivity contribution in [2.75, 3.05) is 19.7 Å². The topological polar surface area (TPSA) is 25.4 Å². The van der Waals surface area contributed by atoms with Crippen LogP contribution in [0.15, 0.2) is 35.7 Å². The second kappa shape index (κ2) is 5.87. The Hall–Kier alpha value is -1.23. The van der Waals surface area contributed by atoms with Gasteiger partial charge in [-0.2, -0.15) is 0 Å². The van der Waals surface area contributed by atoms with Crippen LogP contribution < -0.4 is 0 Å². The number of fused-ring (bicyclic) bond motifs is 1. The lowest BCUT2D eigenvalue weighted by Crippen LogP contribution is -2.42. The lowest BCUT2D eigenvalue weighted by atomic mass is 10.1. The molecule has 110 valence electrons. The summed E-state index contributed by atoms with van der Waals surface area (Å²) in [5, 5.41) is 3.33. The zero-order valence-corrected chi connectivity index (χ0v) is 12.9. The van der Waals surface area contributed by atoms with E-state index in [0.717, 1.165) is 30.3 Å². The number of rotatable bonds is 3. The van der Waals surface area contributed by atoms with Gasteiger partial charge in [0.15, 0.2) is 0 Å². The number of hydrogen-bond donors (Lipinski definition) is 0. The van der Waals surface area contributed by atoms with Crippen LogP contribution in [0.3, 0.4) is 0 Å². The second-order valence-electron chi connectivity index (χ2n) is 5.95. The van der Waals surface area contributed by atoms with Crippen molar-refractivity contribution in [2.24, 2.45) is 0 Å². The van der Waals surface area contributed by atoms with E-state index in [4.69, 9.17) is 9.72 Å². The Morgan fingerprint density at radius 1 is 1.29 bits per heavy atom. The molecule has 3 heterocycles. The average molecular weight is 300 g/mol. The van der Waals surface area contributed by atoms with E-state index in [-0.39, 0.29) is 6.10 Å². The standard InChI is InChI=1S/C17H20N2OS/c1-2-5-13(6-3-1)9-14-12-21-17(18-14)16-10-19-8-4-7-15(19)11-20-16/h1-3,5-6,12,15-16H,4,7-11H2/t15-,16-/m0/s1. The monoisotopic (exact) mass is 300 g/mol. The van der Waals surface area contributed by atoms with Gasteiger partial charge in [-0.3, -0.25) is 4.90 Å². The molecule has 2 aromatic rings. The van der Waals surface area contributed by atoms with Gasteiger partial charge in [0, 0.05) is 24.4 Å². The Kier molecular flexibility index (Phi) is 3.76. The minimum atomic E-state index is 0.175. The number of morpholine rings is 1. The molecule has 2 atom stereocenters. The van der Waals surface area contributed by atoms with Gasteiger partial charge in [-0.1, -0.05) is 30.3 Å². The minimum absolute atomic E-state index is 0.175. The molecule has 0 radical (unpaired) electrons. The maximum absolute atomic E-state index is 6.05. The lowest BCUT2D eigenvalue weighted by molar-refractivity contribution is -0.0502. The van der Waals surface area contributed by atoms with Gasteiger partial charge in [0.2, 0.25) is 0 Å². The highest BCUT2D eigenvalue weighted by Crippen LogP contribution is 2.31. The molecule has 0 bridgehead atoms. The zero-order chi connectivity index (χ0) is 14.1. The molecule has 2 aliphatic heterocycles.